The molecule has 1 aliphatic carbocycles. The highest BCUT2D eigenvalue weighted by Crippen LogP contribution is 2.38. The van der Waals surface area contributed by atoms with Gasteiger partial charge in [-0.15, -0.1) is 11.3 Å². The van der Waals surface area contributed by atoms with E-state index < -0.39 is 0 Å². The first-order chi connectivity index (χ1) is 12.6. The zero-order valence-electron chi connectivity index (χ0n) is 14.9. The predicted octanol–water partition coefficient (Wildman–Crippen LogP) is 4.62. The lowest BCUT2D eigenvalue weighted by molar-refractivity contribution is 0.0526. The lowest BCUT2D eigenvalue weighted by Crippen LogP contribution is -2.20. The van der Waals surface area contributed by atoms with Crippen LogP contribution in [0.25, 0.3) is 0 Å². The van der Waals surface area contributed by atoms with Gasteiger partial charge in [-0.3, -0.25) is 0 Å². The molecule has 1 heterocycles. The number of carbonyl (C=O) groups is 1. The molecule has 5 nitrogen and oxygen atoms in total. The molecule has 0 spiro atoms. The molecule has 1 aliphatic rings. The molecule has 0 unspecified atom stereocenters. The predicted molar refractivity (Wildman–Crippen MR) is 110 cm³/mol. The van der Waals surface area contributed by atoms with Gasteiger partial charge in [-0.1, -0.05) is 6.07 Å². The topological polar surface area (TPSA) is 59.6 Å². The molecule has 1 aromatic carbocycles. The Labute approximate surface area is 162 Å². The molecule has 0 saturated heterocycles. The van der Waals surface area contributed by atoms with Crippen LogP contribution >= 0.6 is 23.6 Å². The van der Waals surface area contributed by atoms with Crippen LogP contribution in [0.2, 0.25) is 0 Å². The number of benzene rings is 1. The van der Waals surface area contributed by atoms with E-state index in [1.165, 1.54) is 4.88 Å². The Bertz CT molecular complexity index is 817. The zero-order chi connectivity index (χ0) is 18.5. The molecule has 0 radical (unpaired) electrons. The Morgan fingerprint density at radius 1 is 1.27 bits per heavy atom. The molecule has 0 bridgehead atoms. The van der Waals surface area contributed by atoms with Gasteiger partial charge in [0.15, 0.2) is 5.11 Å². The van der Waals surface area contributed by atoms with Crippen LogP contribution in [-0.2, 0) is 17.6 Å². The quantitative estimate of drug-likeness (QED) is 0.574. The number of hydrogen-bond donors (Lipinski definition) is 2. The van der Waals surface area contributed by atoms with E-state index in [9.17, 15) is 4.79 Å². The minimum Gasteiger partial charge on any atom is -0.497 e. The summed E-state index contributed by atoms with van der Waals surface area (Å²) in [6, 6.07) is 7.52. The van der Waals surface area contributed by atoms with E-state index >= 15 is 0 Å². The van der Waals surface area contributed by atoms with E-state index in [0.29, 0.717) is 17.3 Å². The summed E-state index contributed by atoms with van der Waals surface area (Å²) in [5, 5.41) is 7.52. The summed E-state index contributed by atoms with van der Waals surface area (Å²) in [4.78, 5) is 13.7. The molecule has 26 heavy (non-hydrogen) atoms. The second-order valence-electron chi connectivity index (χ2n) is 5.95. The van der Waals surface area contributed by atoms with Crippen molar-refractivity contribution in [3.63, 3.8) is 0 Å². The fourth-order valence-corrected chi connectivity index (χ4v) is 4.61. The van der Waals surface area contributed by atoms with Gasteiger partial charge >= 0.3 is 5.97 Å². The number of aryl methyl sites for hydroxylation is 1. The van der Waals surface area contributed by atoms with E-state index in [1.54, 1.807) is 18.4 Å². The van der Waals surface area contributed by atoms with Crippen LogP contribution < -0.4 is 15.4 Å². The van der Waals surface area contributed by atoms with Crippen LogP contribution in [0.15, 0.2) is 24.3 Å². The number of nitrogens with one attached hydrogen (secondary N) is 2. The first-order valence-electron chi connectivity index (χ1n) is 8.66. The standard InChI is InChI=1S/C19H22N2O3S2/c1-3-24-18(22)16-14-9-4-5-10-15(14)26-17(16)21-19(25)20-12-7-6-8-13(11-12)23-2/h6-8,11H,3-5,9-10H2,1-2H3,(H2,20,21,25). The van der Waals surface area contributed by atoms with E-state index in [4.69, 9.17) is 21.7 Å². The Hall–Kier alpha value is -2.12. The molecule has 3 rings (SSSR count). The maximum atomic E-state index is 12.5. The highest BCUT2D eigenvalue weighted by atomic mass is 32.1. The number of carbonyl (C=O) groups excluding carboxylic acids is 1. The first-order valence-corrected chi connectivity index (χ1v) is 9.88. The summed E-state index contributed by atoms with van der Waals surface area (Å²) >= 11 is 7.04. The molecular weight excluding hydrogens is 368 g/mol. The summed E-state index contributed by atoms with van der Waals surface area (Å²) in [7, 11) is 1.62. The molecular formula is C19H22N2O3S2. The SMILES string of the molecule is CCOC(=O)c1c(NC(=S)Nc2cccc(OC)c2)sc2c1CCCC2. The number of rotatable bonds is 5. The second-order valence-corrected chi connectivity index (χ2v) is 7.46. The lowest BCUT2D eigenvalue weighted by atomic mass is 9.95. The van der Waals surface area contributed by atoms with Gasteiger partial charge in [0.25, 0.3) is 0 Å². The summed E-state index contributed by atoms with van der Waals surface area (Å²) in [6.07, 6.45) is 4.17. The van der Waals surface area contributed by atoms with Crippen molar-refractivity contribution in [3.8, 4) is 5.75 Å². The van der Waals surface area contributed by atoms with Gasteiger partial charge in [-0.2, -0.15) is 0 Å². The van der Waals surface area contributed by atoms with Crippen molar-refractivity contribution in [2.75, 3.05) is 24.4 Å². The maximum Gasteiger partial charge on any atom is 0.341 e. The molecule has 2 aromatic rings. The Kier molecular flexibility index (Phi) is 6.11. The number of thiophene rings is 1. The number of ether oxygens (including phenoxy) is 2. The third kappa shape index (κ3) is 4.16. The largest absolute Gasteiger partial charge is 0.497 e. The fourth-order valence-electron chi connectivity index (χ4n) is 3.04. The number of esters is 1. The van der Waals surface area contributed by atoms with E-state index in [0.717, 1.165) is 47.7 Å². The number of anilines is 2. The van der Waals surface area contributed by atoms with Gasteiger partial charge in [0.1, 0.15) is 10.8 Å². The van der Waals surface area contributed by atoms with E-state index in [2.05, 4.69) is 10.6 Å². The van der Waals surface area contributed by atoms with Crippen LogP contribution in [-0.4, -0.2) is 24.8 Å². The number of fused-ring (bicyclic) bond motifs is 1. The third-order valence-corrected chi connectivity index (χ3v) is 5.62. The number of thiocarbonyl (C=S) groups is 1. The second kappa shape index (κ2) is 8.51. The molecule has 0 aliphatic heterocycles. The van der Waals surface area contributed by atoms with Crippen molar-refractivity contribution in [1.29, 1.82) is 0 Å². The van der Waals surface area contributed by atoms with Crippen LogP contribution in [0.4, 0.5) is 10.7 Å². The van der Waals surface area contributed by atoms with Crippen LogP contribution in [0.1, 0.15) is 40.6 Å². The number of hydrogen-bond acceptors (Lipinski definition) is 5. The van der Waals surface area contributed by atoms with Gasteiger partial charge in [-0.25, -0.2) is 4.79 Å². The lowest BCUT2D eigenvalue weighted by Gasteiger charge is -2.13. The molecule has 1 aromatic heterocycles. The van der Waals surface area contributed by atoms with Crippen molar-refractivity contribution >= 4 is 45.3 Å². The molecule has 7 heteroatoms. The highest BCUT2D eigenvalue weighted by Gasteiger charge is 2.26. The molecule has 0 atom stereocenters. The molecule has 0 saturated carbocycles. The molecule has 2 N–H and O–H groups in total. The zero-order valence-corrected chi connectivity index (χ0v) is 16.5. The maximum absolute atomic E-state index is 12.5. The van der Waals surface area contributed by atoms with Gasteiger partial charge in [0.05, 0.1) is 19.3 Å². The Morgan fingerprint density at radius 2 is 2.08 bits per heavy atom. The number of methoxy groups -OCH3 is 1. The summed E-state index contributed by atoms with van der Waals surface area (Å²) in [5.74, 6) is 0.468. The summed E-state index contributed by atoms with van der Waals surface area (Å²) in [6.45, 7) is 2.17. The van der Waals surface area contributed by atoms with Crippen molar-refractivity contribution in [2.45, 2.75) is 32.6 Å². The highest BCUT2D eigenvalue weighted by molar-refractivity contribution is 7.80. The van der Waals surface area contributed by atoms with Crippen LogP contribution in [0, 0.1) is 0 Å². The van der Waals surface area contributed by atoms with Crippen LogP contribution in [0.3, 0.4) is 0 Å². The van der Waals surface area contributed by atoms with E-state index in [-0.39, 0.29) is 5.97 Å². The smallest absolute Gasteiger partial charge is 0.341 e. The Morgan fingerprint density at radius 3 is 2.85 bits per heavy atom. The Balaban J connectivity index is 1.80. The average molecular weight is 391 g/mol. The van der Waals surface area contributed by atoms with Crippen LogP contribution in [0.5, 0.6) is 5.75 Å². The molecule has 138 valence electrons. The summed E-state index contributed by atoms with van der Waals surface area (Å²) < 4.78 is 10.5. The fraction of sp³-hybridized carbons (Fsp3) is 0.368. The molecule has 0 amide bonds. The van der Waals surface area contributed by atoms with Crippen molar-refractivity contribution in [3.05, 3.63) is 40.3 Å². The van der Waals surface area contributed by atoms with Gasteiger partial charge in [0, 0.05) is 16.6 Å². The van der Waals surface area contributed by atoms with E-state index in [1.807, 2.05) is 31.2 Å². The molecule has 0 fully saturated rings. The monoisotopic (exact) mass is 390 g/mol. The van der Waals surface area contributed by atoms with Gasteiger partial charge in [-0.05, 0) is 62.5 Å². The van der Waals surface area contributed by atoms with Crippen molar-refractivity contribution < 1.29 is 14.3 Å². The van der Waals surface area contributed by atoms with Gasteiger partial charge < -0.3 is 20.1 Å². The van der Waals surface area contributed by atoms with Crippen molar-refractivity contribution in [2.24, 2.45) is 0 Å². The average Bonchev–Trinajstić information content (AvgIpc) is 2.99. The summed E-state index contributed by atoms with van der Waals surface area (Å²) in [5.41, 5.74) is 2.58. The normalized spacial score (nSPS) is 12.8. The van der Waals surface area contributed by atoms with Crippen molar-refractivity contribution in [1.82, 2.24) is 0 Å². The minimum absolute atomic E-state index is 0.279. The first kappa shape index (κ1) is 18.7. The van der Waals surface area contributed by atoms with Gasteiger partial charge in [0.2, 0.25) is 0 Å². The minimum atomic E-state index is -0.279. The third-order valence-electron chi connectivity index (χ3n) is 4.21.